The maximum Gasteiger partial charge on any atom is 0.106 e. The third-order valence-electron chi connectivity index (χ3n) is 2.78. The summed E-state index contributed by atoms with van der Waals surface area (Å²) in [6.45, 7) is 0. The fraction of sp³-hybridized carbons (Fsp3) is 0.133. The minimum atomic E-state index is 0.416. The minimum Gasteiger partial charge on any atom is -0.378 e. The molecule has 0 radical (unpaired) electrons. The van der Waals surface area contributed by atoms with Crippen LogP contribution < -0.4 is 4.90 Å². The van der Waals surface area contributed by atoms with Gasteiger partial charge in [0.25, 0.3) is 0 Å². The molecular weight excluding hydrogens is 240 g/mol. The number of hydrogen-bond acceptors (Lipinski definition) is 3. The van der Waals surface area contributed by atoms with Crippen LogP contribution in [0.15, 0.2) is 41.3 Å². The van der Waals surface area contributed by atoms with Crippen LogP contribution in [-0.2, 0) is 0 Å². The van der Waals surface area contributed by atoms with Gasteiger partial charge in [0, 0.05) is 19.8 Å². The number of anilines is 1. The Hall–Kier alpha value is -1.92. The molecule has 90 valence electrons. The molecule has 0 aliphatic heterocycles. The average molecular weight is 254 g/mol. The summed E-state index contributed by atoms with van der Waals surface area (Å²) in [4.78, 5) is 2.49. The highest BCUT2D eigenvalue weighted by atomic mass is 32.1. The zero-order chi connectivity index (χ0) is 13.1. The molecule has 0 unspecified atom stereocenters. The molecule has 0 heterocycles. The Labute approximate surface area is 113 Å². The van der Waals surface area contributed by atoms with Gasteiger partial charge in [0.15, 0.2) is 0 Å². The van der Waals surface area contributed by atoms with Crippen molar-refractivity contribution < 1.29 is 0 Å². The number of thiol groups is 1. The molecular formula is C15H14N2S. The SMILES string of the molecule is CN(C)c1ccc2cc(/C=C(/S)C#N)ccc2c1. The number of nitriles is 1. The molecule has 0 amide bonds. The molecule has 0 bridgehead atoms. The van der Waals surface area contributed by atoms with Gasteiger partial charge < -0.3 is 4.90 Å². The van der Waals surface area contributed by atoms with Gasteiger partial charge in [-0.25, -0.2) is 0 Å². The van der Waals surface area contributed by atoms with Crippen LogP contribution in [0.5, 0.6) is 0 Å². The number of benzene rings is 2. The van der Waals surface area contributed by atoms with E-state index in [4.69, 9.17) is 5.26 Å². The number of fused-ring (bicyclic) bond motifs is 1. The molecule has 2 aromatic carbocycles. The van der Waals surface area contributed by atoms with Crippen LogP contribution in [0.2, 0.25) is 0 Å². The van der Waals surface area contributed by atoms with E-state index in [9.17, 15) is 0 Å². The number of nitrogens with zero attached hydrogens (tertiary/aromatic N) is 2. The summed E-state index contributed by atoms with van der Waals surface area (Å²) in [6.07, 6.45) is 1.77. The van der Waals surface area contributed by atoms with E-state index in [0.717, 1.165) is 10.9 Å². The van der Waals surface area contributed by atoms with E-state index in [2.05, 4.69) is 47.9 Å². The van der Waals surface area contributed by atoms with E-state index in [1.807, 2.05) is 26.2 Å². The summed E-state index contributed by atoms with van der Waals surface area (Å²) >= 11 is 4.07. The lowest BCUT2D eigenvalue weighted by atomic mass is 10.1. The topological polar surface area (TPSA) is 27.0 Å². The molecule has 3 heteroatoms. The molecule has 0 saturated carbocycles. The second kappa shape index (κ2) is 5.16. The summed E-state index contributed by atoms with van der Waals surface area (Å²) < 4.78 is 0. The highest BCUT2D eigenvalue weighted by Crippen LogP contribution is 2.23. The summed E-state index contributed by atoms with van der Waals surface area (Å²) in [5.74, 6) is 0. The quantitative estimate of drug-likeness (QED) is 0.653. The van der Waals surface area contributed by atoms with Gasteiger partial charge >= 0.3 is 0 Å². The Balaban J connectivity index is 2.48. The molecule has 0 atom stereocenters. The van der Waals surface area contributed by atoms with E-state index < -0.39 is 0 Å². The van der Waals surface area contributed by atoms with E-state index in [1.54, 1.807) is 6.08 Å². The van der Waals surface area contributed by atoms with Crippen LogP contribution in [0, 0.1) is 11.3 Å². The van der Waals surface area contributed by atoms with Crippen molar-refractivity contribution in [2.24, 2.45) is 0 Å². The Morgan fingerprint density at radius 2 is 1.83 bits per heavy atom. The first-order valence-electron chi connectivity index (χ1n) is 5.62. The van der Waals surface area contributed by atoms with Gasteiger partial charge in [0.05, 0.1) is 4.91 Å². The van der Waals surface area contributed by atoms with E-state index in [1.165, 1.54) is 11.1 Å². The molecule has 18 heavy (non-hydrogen) atoms. The van der Waals surface area contributed by atoms with Gasteiger partial charge in [0.1, 0.15) is 6.07 Å². The maximum absolute atomic E-state index is 8.71. The Morgan fingerprint density at radius 1 is 1.17 bits per heavy atom. The Bertz CT molecular complexity index is 651. The van der Waals surface area contributed by atoms with Crippen molar-refractivity contribution in [3.63, 3.8) is 0 Å². The third-order valence-corrected chi connectivity index (χ3v) is 3.01. The van der Waals surface area contributed by atoms with Crippen molar-refractivity contribution in [2.45, 2.75) is 0 Å². The second-order valence-corrected chi connectivity index (χ2v) is 4.81. The summed E-state index contributed by atoms with van der Waals surface area (Å²) in [6, 6.07) is 14.4. The van der Waals surface area contributed by atoms with Gasteiger partial charge in [0.2, 0.25) is 0 Å². The fourth-order valence-electron chi connectivity index (χ4n) is 1.81. The van der Waals surface area contributed by atoms with Gasteiger partial charge in [-0.05, 0) is 40.6 Å². The van der Waals surface area contributed by atoms with Gasteiger partial charge in [-0.15, -0.1) is 12.6 Å². The maximum atomic E-state index is 8.71. The molecule has 0 saturated heterocycles. The van der Waals surface area contributed by atoms with E-state index >= 15 is 0 Å². The molecule has 2 aromatic rings. The monoisotopic (exact) mass is 254 g/mol. The lowest BCUT2D eigenvalue weighted by Gasteiger charge is -2.13. The fourth-order valence-corrected chi connectivity index (χ4v) is 1.96. The molecule has 0 spiro atoms. The van der Waals surface area contributed by atoms with Crippen molar-refractivity contribution in [3.05, 3.63) is 46.9 Å². The van der Waals surface area contributed by atoms with Crippen molar-refractivity contribution in [1.82, 2.24) is 0 Å². The van der Waals surface area contributed by atoms with Gasteiger partial charge in [-0.1, -0.05) is 18.2 Å². The third kappa shape index (κ3) is 2.66. The molecule has 2 rings (SSSR count). The first kappa shape index (κ1) is 12.5. The second-order valence-electron chi connectivity index (χ2n) is 4.33. The molecule has 0 N–H and O–H groups in total. The summed E-state index contributed by atoms with van der Waals surface area (Å²) in [7, 11) is 4.05. The molecule has 2 nitrogen and oxygen atoms in total. The number of rotatable bonds is 2. The van der Waals surface area contributed by atoms with E-state index in [-0.39, 0.29) is 0 Å². The summed E-state index contributed by atoms with van der Waals surface area (Å²) in [5, 5.41) is 11.1. The predicted octanol–water partition coefficient (Wildman–Crippen LogP) is 3.70. The highest BCUT2D eigenvalue weighted by molar-refractivity contribution is 7.85. The van der Waals surface area contributed by atoms with Crippen LogP contribution >= 0.6 is 12.6 Å². The molecule has 0 aromatic heterocycles. The first-order chi connectivity index (χ1) is 8.60. The van der Waals surface area contributed by atoms with Crippen molar-refractivity contribution in [3.8, 4) is 6.07 Å². The largest absolute Gasteiger partial charge is 0.378 e. The van der Waals surface area contributed by atoms with Crippen LogP contribution in [0.3, 0.4) is 0 Å². The predicted molar refractivity (Wildman–Crippen MR) is 80.9 cm³/mol. The number of hydrogen-bond donors (Lipinski definition) is 1. The molecule has 0 fully saturated rings. The zero-order valence-electron chi connectivity index (χ0n) is 10.4. The van der Waals surface area contributed by atoms with Crippen LogP contribution in [0.4, 0.5) is 5.69 Å². The first-order valence-corrected chi connectivity index (χ1v) is 6.07. The smallest absolute Gasteiger partial charge is 0.106 e. The van der Waals surface area contributed by atoms with Crippen LogP contribution in [-0.4, -0.2) is 14.1 Å². The Kier molecular flexibility index (Phi) is 3.59. The highest BCUT2D eigenvalue weighted by Gasteiger charge is 1.99. The van der Waals surface area contributed by atoms with Crippen LogP contribution in [0.1, 0.15) is 5.56 Å². The van der Waals surface area contributed by atoms with Crippen molar-refractivity contribution in [1.29, 1.82) is 5.26 Å². The standard InChI is InChI=1S/C15H14N2S/c1-17(2)14-6-5-12-7-11(8-15(18)10-16)3-4-13(12)9-14/h3-9,18H,1-2H3/b15-8+. The van der Waals surface area contributed by atoms with Crippen molar-refractivity contribution >= 4 is 35.2 Å². The van der Waals surface area contributed by atoms with Gasteiger partial charge in [-0.3, -0.25) is 0 Å². The van der Waals surface area contributed by atoms with Crippen LogP contribution in [0.25, 0.3) is 16.8 Å². The molecule has 0 aliphatic carbocycles. The number of allylic oxidation sites excluding steroid dienone is 1. The zero-order valence-corrected chi connectivity index (χ0v) is 11.3. The van der Waals surface area contributed by atoms with Crippen molar-refractivity contribution in [2.75, 3.05) is 19.0 Å². The summed E-state index contributed by atoms with van der Waals surface area (Å²) in [5.41, 5.74) is 2.17. The average Bonchev–Trinajstić information content (AvgIpc) is 2.37. The lowest BCUT2D eigenvalue weighted by Crippen LogP contribution is -2.07. The normalized spacial score (nSPS) is 11.3. The van der Waals surface area contributed by atoms with Gasteiger partial charge in [-0.2, -0.15) is 5.26 Å². The lowest BCUT2D eigenvalue weighted by molar-refractivity contribution is 1.14. The van der Waals surface area contributed by atoms with E-state index in [0.29, 0.717) is 4.91 Å². The Morgan fingerprint density at radius 3 is 2.50 bits per heavy atom. The molecule has 0 aliphatic rings. The minimum absolute atomic E-state index is 0.416.